The van der Waals surface area contributed by atoms with Crippen LogP contribution in [0.15, 0.2) is 66.7 Å². The average Bonchev–Trinajstić information content (AvgIpc) is 2.86. The van der Waals surface area contributed by atoms with E-state index in [1.807, 2.05) is 24.3 Å². The number of aromatic nitrogens is 2. The number of rotatable bonds is 6. The molecule has 4 rings (SSSR count). The summed E-state index contributed by atoms with van der Waals surface area (Å²) >= 11 is 0. The van der Waals surface area contributed by atoms with Gasteiger partial charge in [-0.15, -0.1) is 6.42 Å². The Kier molecular flexibility index (Phi) is 6.34. The second kappa shape index (κ2) is 9.36. The van der Waals surface area contributed by atoms with Gasteiger partial charge in [-0.1, -0.05) is 51.0 Å². The third kappa shape index (κ3) is 4.77. The van der Waals surface area contributed by atoms with Crippen LogP contribution in [0.3, 0.4) is 0 Å². The Morgan fingerprint density at radius 1 is 0.941 bits per heavy atom. The summed E-state index contributed by atoms with van der Waals surface area (Å²) in [5.41, 5.74) is 3.92. The molecule has 0 aliphatic heterocycles. The van der Waals surface area contributed by atoms with E-state index in [2.05, 4.69) is 43.8 Å². The van der Waals surface area contributed by atoms with Crippen molar-refractivity contribution in [3.63, 3.8) is 0 Å². The molecule has 0 radical (unpaired) electrons. The summed E-state index contributed by atoms with van der Waals surface area (Å²) < 4.78 is 10.8. The summed E-state index contributed by atoms with van der Waals surface area (Å²) in [6.07, 6.45) is 5.34. The van der Waals surface area contributed by atoms with Crippen LogP contribution in [0.25, 0.3) is 22.2 Å². The Morgan fingerprint density at radius 2 is 1.62 bits per heavy atom. The molecule has 0 atom stereocenters. The van der Waals surface area contributed by atoms with Crippen LogP contribution in [0.1, 0.15) is 42.5 Å². The SMILES string of the molecule is C#CCOc1ccc2nc(C(=O)c3ccc(OC)cc3)nc(-c3ccc(C(C)(C)C)cc3)c2c1. The van der Waals surface area contributed by atoms with Crippen molar-refractivity contribution in [3.8, 4) is 35.1 Å². The Balaban J connectivity index is 1.85. The van der Waals surface area contributed by atoms with Crippen LogP contribution in [0, 0.1) is 12.3 Å². The molecular formula is C29H26N2O3. The van der Waals surface area contributed by atoms with Gasteiger partial charge < -0.3 is 9.47 Å². The normalized spacial score (nSPS) is 11.1. The van der Waals surface area contributed by atoms with E-state index in [1.54, 1.807) is 37.4 Å². The number of terminal acetylenes is 1. The second-order valence-corrected chi connectivity index (χ2v) is 8.95. The minimum atomic E-state index is -0.259. The molecule has 4 aromatic rings. The molecule has 0 bridgehead atoms. The van der Waals surface area contributed by atoms with Gasteiger partial charge in [-0.25, -0.2) is 9.97 Å². The van der Waals surface area contributed by atoms with Crippen molar-refractivity contribution in [3.05, 3.63) is 83.7 Å². The van der Waals surface area contributed by atoms with Crippen molar-refractivity contribution in [1.82, 2.24) is 9.97 Å². The van der Waals surface area contributed by atoms with Gasteiger partial charge in [-0.3, -0.25) is 4.79 Å². The van der Waals surface area contributed by atoms with Gasteiger partial charge >= 0.3 is 0 Å². The number of ether oxygens (including phenoxy) is 2. The minimum Gasteiger partial charge on any atom is -0.497 e. The molecule has 0 aliphatic carbocycles. The quantitative estimate of drug-likeness (QED) is 0.273. The van der Waals surface area contributed by atoms with E-state index in [0.717, 1.165) is 10.9 Å². The van der Waals surface area contributed by atoms with Gasteiger partial charge in [0.15, 0.2) is 0 Å². The summed E-state index contributed by atoms with van der Waals surface area (Å²) in [5.74, 6) is 3.64. The number of ketones is 1. The molecule has 0 spiro atoms. The lowest BCUT2D eigenvalue weighted by Crippen LogP contribution is -2.11. The molecule has 34 heavy (non-hydrogen) atoms. The van der Waals surface area contributed by atoms with E-state index in [1.165, 1.54) is 5.56 Å². The van der Waals surface area contributed by atoms with Crippen LogP contribution < -0.4 is 9.47 Å². The molecule has 0 aliphatic rings. The number of nitrogens with zero attached hydrogens (tertiary/aromatic N) is 2. The topological polar surface area (TPSA) is 61.3 Å². The molecule has 0 unspecified atom stereocenters. The van der Waals surface area contributed by atoms with Gasteiger partial charge in [0.05, 0.1) is 18.3 Å². The highest BCUT2D eigenvalue weighted by Crippen LogP contribution is 2.31. The van der Waals surface area contributed by atoms with Crippen molar-refractivity contribution >= 4 is 16.7 Å². The van der Waals surface area contributed by atoms with Crippen molar-refractivity contribution < 1.29 is 14.3 Å². The van der Waals surface area contributed by atoms with E-state index in [-0.39, 0.29) is 23.6 Å². The summed E-state index contributed by atoms with van der Waals surface area (Å²) in [4.78, 5) is 22.5. The van der Waals surface area contributed by atoms with Gasteiger partial charge in [0.25, 0.3) is 0 Å². The van der Waals surface area contributed by atoms with E-state index in [4.69, 9.17) is 20.9 Å². The number of methoxy groups -OCH3 is 1. The predicted octanol–water partition coefficient (Wildman–Crippen LogP) is 5.85. The molecule has 1 aromatic heterocycles. The van der Waals surface area contributed by atoms with Gasteiger partial charge in [-0.2, -0.15) is 0 Å². The fourth-order valence-electron chi connectivity index (χ4n) is 3.64. The van der Waals surface area contributed by atoms with Crippen LogP contribution in [0.5, 0.6) is 11.5 Å². The molecule has 5 nitrogen and oxygen atoms in total. The highest BCUT2D eigenvalue weighted by Gasteiger charge is 2.19. The molecular weight excluding hydrogens is 424 g/mol. The number of hydrogen-bond acceptors (Lipinski definition) is 5. The summed E-state index contributed by atoms with van der Waals surface area (Å²) in [7, 11) is 1.59. The lowest BCUT2D eigenvalue weighted by molar-refractivity contribution is 0.103. The third-order valence-electron chi connectivity index (χ3n) is 5.57. The van der Waals surface area contributed by atoms with Crippen LogP contribution in [0.4, 0.5) is 0 Å². The van der Waals surface area contributed by atoms with Crippen molar-refractivity contribution in [2.45, 2.75) is 26.2 Å². The first-order valence-electron chi connectivity index (χ1n) is 11.0. The molecule has 0 fully saturated rings. The molecule has 3 aromatic carbocycles. The number of fused-ring (bicyclic) bond motifs is 1. The van der Waals surface area contributed by atoms with Crippen LogP contribution in [-0.2, 0) is 5.41 Å². The largest absolute Gasteiger partial charge is 0.497 e. The lowest BCUT2D eigenvalue weighted by atomic mass is 9.86. The standard InChI is InChI=1S/C29H26N2O3/c1-6-17-34-23-15-16-25-24(18-23)26(19-7-11-21(12-8-19)29(2,3)4)31-28(30-25)27(32)20-9-13-22(33-5)14-10-20/h1,7-16,18H,17H2,2-5H3. The Bertz CT molecular complexity index is 1380. The first-order valence-corrected chi connectivity index (χ1v) is 11.0. The zero-order chi connectivity index (χ0) is 24.3. The smallest absolute Gasteiger partial charge is 0.230 e. The zero-order valence-corrected chi connectivity index (χ0v) is 19.8. The van der Waals surface area contributed by atoms with Gasteiger partial charge in [-0.05, 0) is 53.4 Å². The zero-order valence-electron chi connectivity index (χ0n) is 19.8. The Hall–Kier alpha value is -4.17. The second-order valence-electron chi connectivity index (χ2n) is 8.95. The van der Waals surface area contributed by atoms with Gasteiger partial charge in [0.2, 0.25) is 11.6 Å². The number of carbonyl (C=O) groups is 1. The van der Waals surface area contributed by atoms with Crippen LogP contribution in [-0.4, -0.2) is 29.5 Å². The van der Waals surface area contributed by atoms with E-state index in [9.17, 15) is 4.79 Å². The van der Waals surface area contributed by atoms with Crippen LogP contribution in [0.2, 0.25) is 0 Å². The summed E-state index contributed by atoms with van der Waals surface area (Å²) in [6.45, 7) is 6.67. The molecule has 5 heteroatoms. The predicted molar refractivity (Wildman–Crippen MR) is 134 cm³/mol. The Morgan fingerprint density at radius 3 is 2.24 bits per heavy atom. The summed E-state index contributed by atoms with van der Waals surface area (Å²) in [5, 5.41) is 0.782. The maximum atomic E-state index is 13.3. The van der Waals surface area contributed by atoms with Gasteiger partial charge in [0, 0.05) is 16.5 Å². The van der Waals surface area contributed by atoms with E-state index >= 15 is 0 Å². The molecule has 170 valence electrons. The monoisotopic (exact) mass is 450 g/mol. The van der Waals surface area contributed by atoms with Crippen molar-refractivity contribution in [2.75, 3.05) is 13.7 Å². The Labute approximate surface area is 199 Å². The number of benzene rings is 3. The first-order chi connectivity index (χ1) is 16.3. The molecule has 0 N–H and O–H groups in total. The number of hydrogen-bond donors (Lipinski definition) is 0. The van der Waals surface area contributed by atoms with Crippen molar-refractivity contribution in [2.24, 2.45) is 0 Å². The average molecular weight is 451 g/mol. The lowest BCUT2D eigenvalue weighted by Gasteiger charge is -2.19. The maximum Gasteiger partial charge on any atom is 0.230 e. The molecule has 0 amide bonds. The maximum absolute atomic E-state index is 13.3. The highest BCUT2D eigenvalue weighted by molar-refractivity contribution is 6.08. The fraction of sp³-hybridized carbons (Fsp3) is 0.207. The minimum absolute atomic E-state index is 0.0258. The molecule has 0 saturated heterocycles. The number of carbonyl (C=O) groups excluding carboxylic acids is 1. The molecule has 1 heterocycles. The van der Waals surface area contributed by atoms with E-state index in [0.29, 0.717) is 28.3 Å². The highest BCUT2D eigenvalue weighted by atomic mass is 16.5. The van der Waals surface area contributed by atoms with Crippen molar-refractivity contribution in [1.29, 1.82) is 0 Å². The fourth-order valence-corrected chi connectivity index (χ4v) is 3.64. The first kappa shape index (κ1) is 23.0. The summed E-state index contributed by atoms with van der Waals surface area (Å²) in [6, 6.07) is 20.6. The van der Waals surface area contributed by atoms with E-state index < -0.39 is 0 Å². The van der Waals surface area contributed by atoms with Crippen LogP contribution >= 0.6 is 0 Å². The van der Waals surface area contributed by atoms with Gasteiger partial charge in [0.1, 0.15) is 18.1 Å². The molecule has 0 saturated carbocycles. The third-order valence-corrected chi connectivity index (χ3v) is 5.57.